The number of rotatable bonds is 6. The van der Waals surface area contributed by atoms with Crippen LogP contribution in [0.2, 0.25) is 0 Å². The van der Waals surface area contributed by atoms with Gasteiger partial charge in [-0.2, -0.15) is 0 Å². The number of hydrogen-bond acceptors (Lipinski definition) is 5. The minimum Gasteiger partial charge on any atom is -0.493 e. The molecule has 1 fully saturated rings. The van der Waals surface area contributed by atoms with E-state index in [2.05, 4.69) is 36.4 Å². The van der Waals surface area contributed by atoms with Crippen LogP contribution < -0.4 is 24.8 Å². The van der Waals surface area contributed by atoms with Crippen LogP contribution in [0.4, 0.5) is 14.9 Å². The number of amides is 2. The fourth-order valence-electron chi connectivity index (χ4n) is 5.12. The second kappa shape index (κ2) is 9.98. The lowest BCUT2D eigenvalue weighted by Gasteiger charge is -2.39. The van der Waals surface area contributed by atoms with Gasteiger partial charge < -0.3 is 24.8 Å². The molecule has 2 unspecified atom stereocenters. The lowest BCUT2D eigenvalue weighted by Crippen LogP contribution is -2.44. The molecule has 1 aromatic heterocycles. The van der Waals surface area contributed by atoms with Crippen LogP contribution >= 0.6 is 0 Å². The number of carbonyl (C=O) groups is 1. The molecule has 2 N–H and O–H groups in total. The van der Waals surface area contributed by atoms with Crippen LogP contribution in [0.1, 0.15) is 40.0 Å². The number of pyridine rings is 1. The third kappa shape index (κ3) is 5.75. The van der Waals surface area contributed by atoms with Gasteiger partial charge in [0.15, 0.2) is 23.1 Å². The highest BCUT2D eigenvalue weighted by atomic mass is 19.1. The predicted octanol–water partition coefficient (Wildman–Crippen LogP) is 6.52. The van der Waals surface area contributed by atoms with E-state index in [9.17, 15) is 9.18 Å². The van der Waals surface area contributed by atoms with Crippen LogP contribution in [-0.4, -0.2) is 31.3 Å². The highest BCUT2D eigenvalue weighted by Gasteiger charge is 2.32. The molecule has 8 heteroatoms. The first-order chi connectivity index (χ1) is 16.7. The van der Waals surface area contributed by atoms with E-state index in [1.807, 2.05) is 0 Å². The normalized spacial score (nSPS) is 19.1. The van der Waals surface area contributed by atoms with Crippen molar-refractivity contribution in [2.24, 2.45) is 11.3 Å². The van der Waals surface area contributed by atoms with Gasteiger partial charge in [-0.1, -0.05) is 20.8 Å². The zero-order chi connectivity index (χ0) is 25.2. The van der Waals surface area contributed by atoms with Crippen LogP contribution in [0, 0.1) is 17.2 Å². The maximum absolute atomic E-state index is 14.9. The molecule has 2 atom stereocenters. The maximum Gasteiger partial charge on any atom is 0.319 e. The molecule has 0 radical (unpaired) electrons. The van der Waals surface area contributed by atoms with Gasteiger partial charge in [-0.3, -0.25) is 4.98 Å². The van der Waals surface area contributed by atoms with E-state index < -0.39 is 5.82 Å². The Kier molecular flexibility index (Phi) is 7.00. The zero-order valence-electron chi connectivity index (χ0n) is 20.8. The van der Waals surface area contributed by atoms with E-state index in [0.717, 1.165) is 19.3 Å². The van der Waals surface area contributed by atoms with Crippen molar-refractivity contribution in [2.75, 3.05) is 19.5 Å². The topological polar surface area (TPSA) is 81.7 Å². The first-order valence-electron chi connectivity index (χ1n) is 11.7. The number of fused-ring (bicyclic) bond motifs is 1. The van der Waals surface area contributed by atoms with Crippen molar-refractivity contribution < 1.29 is 23.4 Å². The van der Waals surface area contributed by atoms with Gasteiger partial charge in [0.2, 0.25) is 0 Å². The number of methoxy groups -OCH3 is 2. The Hall–Kier alpha value is -3.55. The zero-order valence-corrected chi connectivity index (χ0v) is 20.8. The van der Waals surface area contributed by atoms with Crippen molar-refractivity contribution >= 4 is 22.6 Å². The Morgan fingerprint density at radius 1 is 1.03 bits per heavy atom. The number of aromatic nitrogens is 1. The smallest absolute Gasteiger partial charge is 0.319 e. The molecule has 0 aliphatic heterocycles. The average Bonchev–Trinajstić information content (AvgIpc) is 2.78. The number of ether oxygens (including phenoxy) is 3. The maximum atomic E-state index is 14.9. The Balaban J connectivity index is 1.47. The molecule has 35 heavy (non-hydrogen) atoms. The summed E-state index contributed by atoms with van der Waals surface area (Å²) in [5, 5.41) is 6.42. The summed E-state index contributed by atoms with van der Waals surface area (Å²) in [4.78, 5) is 16.9. The van der Waals surface area contributed by atoms with E-state index >= 15 is 0 Å². The third-order valence-corrected chi connectivity index (χ3v) is 6.34. The second-order valence-electron chi connectivity index (χ2n) is 9.99. The summed E-state index contributed by atoms with van der Waals surface area (Å²) < 4.78 is 31.5. The van der Waals surface area contributed by atoms with Crippen LogP contribution in [0.5, 0.6) is 23.0 Å². The quantitative estimate of drug-likeness (QED) is 0.419. The Bertz CT molecular complexity index is 1230. The number of anilines is 1. The predicted molar refractivity (Wildman–Crippen MR) is 134 cm³/mol. The van der Waals surface area contributed by atoms with Crippen molar-refractivity contribution in [3.8, 4) is 23.0 Å². The van der Waals surface area contributed by atoms with Gasteiger partial charge in [0, 0.05) is 35.4 Å². The summed E-state index contributed by atoms with van der Waals surface area (Å²) in [6.07, 6.45) is 4.58. The molecule has 186 valence electrons. The largest absolute Gasteiger partial charge is 0.493 e. The van der Waals surface area contributed by atoms with Gasteiger partial charge in [0.25, 0.3) is 0 Å². The lowest BCUT2D eigenvalue weighted by atomic mass is 9.71. The molecule has 0 bridgehead atoms. The first-order valence-corrected chi connectivity index (χ1v) is 11.7. The molecule has 2 amide bonds. The van der Waals surface area contributed by atoms with Crippen LogP contribution in [-0.2, 0) is 0 Å². The minimum atomic E-state index is -0.597. The van der Waals surface area contributed by atoms with Gasteiger partial charge in [0.1, 0.15) is 5.75 Å². The Labute approximate surface area is 205 Å². The lowest BCUT2D eigenvalue weighted by molar-refractivity contribution is 0.154. The number of carbonyl (C=O) groups excluding carboxylic acids is 1. The molecule has 1 heterocycles. The molecule has 2 aromatic carbocycles. The van der Waals surface area contributed by atoms with Crippen molar-refractivity contribution in [1.29, 1.82) is 0 Å². The van der Waals surface area contributed by atoms with E-state index in [4.69, 9.17) is 14.2 Å². The van der Waals surface area contributed by atoms with Crippen LogP contribution in [0.3, 0.4) is 0 Å². The summed E-state index contributed by atoms with van der Waals surface area (Å²) in [7, 11) is 3.09. The van der Waals surface area contributed by atoms with Gasteiger partial charge in [-0.25, -0.2) is 9.18 Å². The molecule has 1 saturated carbocycles. The fraction of sp³-hybridized carbons (Fsp3) is 0.407. The standard InChI is InChI=1S/C27H32FN3O4/c1-16-10-18(15-27(2,3)14-16)31-26(32)30-17-6-7-23(20(28)11-17)35-22-8-9-29-21-13-25(34-5)24(33-4)12-19(21)22/h6-9,11-13,16,18H,10,14-15H2,1-5H3,(H2,30,31,32). The molecule has 4 rings (SSSR count). The molecular weight excluding hydrogens is 449 g/mol. The van der Waals surface area contributed by atoms with Crippen molar-refractivity contribution in [3.05, 3.63) is 48.4 Å². The van der Waals surface area contributed by atoms with Crippen molar-refractivity contribution in [1.82, 2.24) is 10.3 Å². The number of benzene rings is 2. The highest BCUT2D eigenvalue weighted by Crippen LogP contribution is 2.39. The average molecular weight is 482 g/mol. The summed E-state index contributed by atoms with van der Waals surface area (Å²) in [6.45, 7) is 6.66. The Morgan fingerprint density at radius 2 is 1.77 bits per heavy atom. The summed E-state index contributed by atoms with van der Waals surface area (Å²) in [5.41, 5.74) is 1.16. The number of nitrogens with zero attached hydrogens (tertiary/aromatic N) is 1. The Morgan fingerprint density at radius 3 is 2.46 bits per heavy atom. The molecule has 3 aromatic rings. The first kappa shape index (κ1) is 24.6. The van der Waals surface area contributed by atoms with Crippen molar-refractivity contribution in [2.45, 2.75) is 46.1 Å². The van der Waals surface area contributed by atoms with Crippen LogP contribution in [0.15, 0.2) is 42.6 Å². The summed E-state index contributed by atoms with van der Waals surface area (Å²) in [6, 6.07) is 9.22. The van der Waals surface area contributed by atoms with E-state index in [-0.39, 0.29) is 23.2 Å². The summed E-state index contributed by atoms with van der Waals surface area (Å²) in [5.74, 6) is 1.45. The van der Waals surface area contributed by atoms with E-state index in [1.165, 1.54) is 19.2 Å². The highest BCUT2D eigenvalue weighted by molar-refractivity contribution is 5.90. The number of hydrogen-bond donors (Lipinski definition) is 2. The SMILES string of the molecule is COc1cc2nccc(Oc3ccc(NC(=O)NC4CC(C)CC(C)(C)C4)cc3F)c2cc1OC. The molecule has 1 aliphatic rings. The van der Waals surface area contributed by atoms with E-state index in [0.29, 0.717) is 39.8 Å². The molecule has 0 spiro atoms. The second-order valence-corrected chi connectivity index (χ2v) is 9.99. The molecular formula is C27H32FN3O4. The number of halogens is 1. The summed E-state index contributed by atoms with van der Waals surface area (Å²) >= 11 is 0. The molecule has 7 nitrogen and oxygen atoms in total. The fourth-order valence-corrected chi connectivity index (χ4v) is 5.12. The van der Waals surface area contributed by atoms with Crippen LogP contribution in [0.25, 0.3) is 10.9 Å². The van der Waals surface area contributed by atoms with Crippen molar-refractivity contribution in [3.63, 3.8) is 0 Å². The van der Waals surface area contributed by atoms with E-state index in [1.54, 1.807) is 37.6 Å². The van der Waals surface area contributed by atoms with Gasteiger partial charge >= 0.3 is 6.03 Å². The monoisotopic (exact) mass is 481 g/mol. The number of urea groups is 1. The molecule has 1 aliphatic carbocycles. The molecule has 0 saturated heterocycles. The number of nitrogens with one attached hydrogen (secondary N) is 2. The third-order valence-electron chi connectivity index (χ3n) is 6.34. The van der Waals surface area contributed by atoms with Gasteiger partial charge in [0.05, 0.1) is 19.7 Å². The van der Waals surface area contributed by atoms with Gasteiger partial charge in [-0.05, 0) is 54.9 Å². The minimum absolute atomic E-state index is 0.0288. The van der Waals surface area contributed by atoms with Gasteiger partial charge in [-0.15, -0.1) is 0 Å².